The second-order valence-corrected chi connectivity index (χ2v) is 11.7. The molecule has 0 saturated heterocycles. The zero-order valence-electron chi connectivity index (χ0n) is 23.0. The number of aryl methyl sites for hydroxylation is 1. The summed E-state index contributed by atoms with van der Waals surface area (Å²) in [6.07, 6.45) is 2.51. The first-order valence-electron chi connectivity index (χ1n) is 13.8. The first-order valence-corrected chi connectivity index (χ1v) is 13.8. The highest BCUT2D eigenvalue weighted by Crippen LogP contribution is 2.44. The van der Waals surface area contributed by atoms with E-state index in [1.165, 1.54) is 4.52 Å². The number of nitrogens with one attached hydrogen (secondary N) is 2. The van der Waals surface area contributed by atoms with Crippen LogP contribution in [0, 0.1) is 24.7 Å². The molecule has 3 aromatic heterocycles. The summed E-state index contributed by atoms with van der Waals surface area (Å²) in [6, 6.07) is 0.638. The number of hydrogen-bond donors (Lipinski definition) is 2. The Hall–Kier alpha value is -3.58. The summed E-state index contributed by atoms with van der Waals surface area (Å²) in [5.74, 6) is -6.96. The lowest BCUT2D eigenvalue weighted by atomic mass is 9.79. The lowest BCUT2D eigenvalue weighted by Crippen LogP contribution is -2.40. The minimum atomic E-state index is -2.75. The van der Waals surface area contributed by atoms with Crippen molar-refractivity contribution < 1.29 is 31.8 Å². The number of halogens is 4. The van der Waals surface area contributed by atoms with Crippen molar-refractivity contribution in [3.63, 3.8) is 0 Å². The average Bonchev–Trinajstić information content (AvgIpc) is 3.50. The summed E-state index contributed by atoms with van der Waals surface area (Å²) < 4.78 is 60.4. The first-order chi connectivity index (χ1) is 19.3. The Balaban J connectivity index is 1.37. The van der Waals surface area contributed by atoms with E-state index in [-0.39, 0.29) is 74.3 Å². The van der Waals surface area contributed by atoms with Crippen LogP contribution in [0.15, 0.2) is 23.1 Å². The molecule has 2 saturated carbocycles. The predicted molar refractivity (Wildman–Crippen MR) is 137 cm³/mol. The van der Waals surface area contributed by atoms with Gasteiger partial charge in [-0.25, -0.2) is 31.7 Å². The number of aromatic nitrogens is 5. The number of amides is 2. The van der Waals surface area contributed by atoms with E-state index < -0.39 is 29.8 Å². The molecule has 2 atom stereocenters. The molecule has 0 radical (unpaired) electrons. The van der Waals surface area contributed by atoms with Gasteiger partial charge in [0.2, 0.25) is 17.8 Å². The van der Waals surface area contributed by atoms with E-state index in [1.807, 2.05) is 13.8 Å². The van der Waals surface area contributed by atoms with Crippen LogP contribution in [0.1, 0.15) is 98.3 Å². The van der Waals surface area contributed by atoms with Crippen molar-refractivity contribution in [1.82, 2.24) is 35.5 Å². The molecule has 5 rings (SSSR count). The Bertz CT molecular complexity index is 1400. The molecule has 2 fully saturated rings. The molecule has 41 heavy (non-hydrogen) atoms. The first kappa shape index (κ1) is 28.9. The molecular formula is C27H33F4N7O3. The van der Waals surface area contributed by atoms with Gasteiger partial charge in [0.05, 0.1) is 30.2 Å². The topological polar surface area (TPSA) is 127 Å². The van der Waals surface area contributed by atoms with Crippen molar-refractivity contribution in [2.75, 3.05) is 0 Å². The number of rotatable bonds is 9. The quantitative estimate of drug-likeness (QED) is 0.343. The molecule has 1 unspecified atom stereocenters. The van der Waals surface area contributed by atoms with Crippen LogP contribution in [0.2, 0.25) is 0 Å². The molecular weight excluding hydrogens is 546 g/mol. The molecule has 0 aromatic carbocycles. The molecule has 2 amide bonds. The second-order valence-electron chi connectivity index (χ2n) is 11.7. The van der Waals surface area contributed by atoms with Crippen molar-refractivity contribution in [3.05, 3.63) is 41.1 Å². The van der Waals surface area contributed by atoms with Crippen molar-refractivity contribution in [2.45, 2.75) is 89.6 Å². The van der Waals surface area contributed by atoms with Crippen molar-refractivity contribution >= 4 is 17.5 Å². The Morgan fingerprint density at radius 1 is 1.10 bits per heavy atom. The van der Waals surface area contributed by atoms with E-state index in [0.29, 0.717) is 22.6 Å². The number of fused-ring (bicyclic) bond motifs is 1. The number of nitrogens with zero attached hydrogens (tertiary/aromatic N) is 5. The van der Waals surface area contributed by atoms with Gasteiger partial charge in [0, 0.05) is 32.1 Å². The maximum absolute atomic E-state index is 13.9. The van der Waals surface area contributed by atoms with Gasteiger partial charge in [-0.2, -0.15) is 5.10 Å². The smallest absolute Gasteiger partial charge is 0.276 e. The molecule has 222 valence electrons. The molecule has 10 nitrogen and oxygen atoms in total. The van der Waals surface area contributed by atoms with Crippen LogP contribution in [0.5, 0.6) is 0 Å². The van der Waals surface area contributed by atoms with Crippen molar-refractivity contribution in [1.29, 1.82) is 0 Å². The molecule has 0 aliphatic heterocycles. The fourth-order valence-electron chi connectivity index (χ4n) is 5.76. The monoisotopic (exact) mass is 579 g/mol. The molecule has 3 heterocycles. The van der Waals surface area contributed by atoms with E-state index in [9.17, 15) is 27.2 Å². The summed E-state index contributed by atoms with van der Waals surface area (Å²) in [4.78, 5) is 30.3. The summed E-state index contributed by atoms with van der Waals surface area (Å²) in [6.45, 7) is 5.42. The molecule has 0 bridgehead atoms. The lowest BCUT2D eigenvalue weighted by molar-refractivity contribution is -0.134. The Labute approximate surface area is 233 Å². The highest BCUT2D eigenvalue weighted by atomic mass is 19.3. The molecule has 3 aromatic rings. The minimum Gasteiger partial charge on any atom is -0.349 e. The molecule has 2 N–H and O–H groups in total. The third-order valence-corrected chi connectivity index (χ3v) is 8.06. The lowest BCUT2D eigenvalue weighted by Gasteiger charge is -2.35. The Morgan fingerprint density at radius 3 is 2.41 bits per heavy atom. The highest BCUT2D eigenvalue weighted by Gasteiger charge is 2.46. The zero-order chi connectivity index (χ0) is 29.5. The van der Waals surface area contributed by atoms with E-state index in [2.05, 4.69) is 30.7 Å². The van der Waals surface area contributed by atoms with E-state index in [0.717, 1.165) is 0 Å². The predicted octanol–water partition coefficient (Wildman–Crippen LogP) is 4.97. The van der Waals surface area contributed by atoms with Crippen LogP contribution in [-0.2, 0) is 4.79 Å². The van der Waals surface area contributed by atoms with Gasteiger partial charge >= 0.3 is 0 Å². The molecule has 14 heteroatoms. The third kappa shape index (κ3) is 6.51. The van der Waals surface area contributed by atoms with E-state index >= 15 is 0 Å². The van der Waals surface area contributed by atoms with Gasteiger partial charge in [0.1, 0.15) is 5.69 Å². The molecule has 2 aliphatic carbocycles. The van der Waals surface area contributed by atoms with Crippen LogP contribution in [0.3, 0.4) is 0 Å². The van der Waals surface area contributed by atoms with Gasteiger partial charge in [0.25, 0.3) is 5.91 Å². The third-order valence-electron chi connectivity index (χ3n) is 8.06. The maximum atomic E-state index is 13.9. The van der Waals surface area contributed by atoms with Gasteiger partial charge in [-0.05, 0) is 54.3 Å². The SMILES string of the molecule is Cc1nonc1C(=O)N[C@H](c1cn2ncc(C(NC(=O)CC3CC(F)(F)C3)C(C)C)cc2n1)C1CCC(F)(F)CC1. The Morgan fingerprint density at radius 2 is 1.80 bits per heavy atom. The molecule has 0 spiro atoms. The molecule has 2 aliphatic rings. The highest BCUT2D eigenvalue weighted by molar-refractivity contribution is 5.93. The number of carbonyl (C=O) groups is 2. The maximum Gasteiger partial charge on any atom is 0.276 e. The normalized spacial score (nSPS) is 20.5. The summed E-state index contributed by atoms with van der Waals surface area (Å²) in [5.41, 5.74) is 1.87. The number of carbonyl (C=O) groups excluding carboxylic acids is 2. The number of alkyl halides is 4. The van der Waals surface area contributed by atoms with Gasteiger partial charge in [-0.3, -0.25) is 9.59 Å². The number of hydrogen-bond acceptors (Lipinski definition) is 7. The Kier molecular flexibility index (Phi) is 7.77. The van der Waals surface area contributed by atoms with Gasteiger partial charge in [-0.15, -0.1) is 0 Å². The average molecular weight is 580 g/mol. The van der Waals surface area contributed by atoms with E-state index in [4.69, 9.17) is 4.98 Å². The largest absolute Gasteiger partial charge is 0.349 e. The zero-order valence-corrected chi connectivity index (χ0v) is 23.0. The van der Waals surface area contributed by atoms with Crippen LogP contribution >= 0.6 is 0 Å². The number of imidazole rings is 1. The van der Waals surface area contributed by atoms with Crippen molar-refractivity contribution in [2.24, 2.45) is 17.8 Å². The van der Waals surface area contributed by atoms with Gasteiger partial charge < -0.3 is 10.6 Å². The van der Waals surface area contributed by atoms with Crippen LogP contribution < -0.4 is 10.6 Å². The summed E-state index contributed by atoms with van der Waals surface area (Å²) in [5, 5.41) is 17.6. The standard InChI is InChI=1S/C27H33F4N7O3/c1-14(2)22(34-21(39)8-16-10-27(30,31)11-16)18-9-20-33-19(13-38(20)32-12-18)24(17-4-6-26(28,29)7-5-17)35-25(40)23-15(3)36-41-37-23/h9,12-14,16-17,22,24H,4-8,10-11H2,1-3H3,(H,34,39)(H,35,40)/t22?,24-/m0/s1. The minimum absolute atomic E-state index is 0.00134. The van der Waals surface area contributed by atoms with Crippen LogP contribution in [-0.4, -0.2) is 48.6 Å². The van der Waals surface area contributed by atoms with Crippen molar-refractivity contribution in [3.8, 4) is 0 Å². The van der Waals surface area contributed by atoms with Gasteiger partial charge in [-0.1, -0.05) is 19.0 Å². The van der Waals surface area contributed by atoms with Crippen LogP contribution in [0.25, 0.3) is 5.65 Å². The summed E-state index contributed by atoms with van der Waals surface area (Å²) in [7, 11) is 0. The second kappa shape index (κ2) is 11.0. The van der Waals surface area contributed by atoms with E-state index in [1.54, 1.807) is 25.4 Å². The fourth-order valence-corrected chi connectivity index (χ4v) is 5.76. The van der Waals surface area contributed by atoms with Crippen LogP contribution in [0.4, 0.5) is 17.6 Å². The summed E-state index contributed by atoms with van der Waals surface area (Å²) >= 11 is 0. The fraction of sp³-hybridized carbons (Fsp3) is 0.630. The van der Waals surface area contributed by atoms with Gasteiger partial charge in [0.15, 0.2) is 11.3 Å².